The molecule has 1 saturated heterocycles. The van der Waals surface area contributed by atoms with Crippen LogP contribution in [0.1, 0.15) is 39.5 Å². The fourth-order valence-electron chi connectivity index (χ4n) is 2.27. The monoisotopic (exact) mass is 256 g/mol. The highest BCUT2D eigenvalue weighted by Crippen LogP contribution is 2.17. The molecule has 2 atom stereocenters. The van der Waals surface area contributed by atoms with Crippen LogP contribution >= 0.6 is 0 Å². The second-order valence-electron chi connectivity index (χ2n) is 4.95. The highest BCUT2D eigenvalue weighted by atomic mass is 16.3. The first kappa shape index (κ1) is 15.0. The van der Waals surface area contributed by atoms with Crippen molar-refractivity contribution >= 4 is 11.8 Å². The van der Waals surface area contributed by atoms with E-state index in [9.17, 15) is 9.59 Å². The van der Waals surface area contributed by atoms with Crippen molar-refractivity contribution < 1.29 is 14.7 Å². The van der Waals surface area contributed by atoms with E-state index in [0.717, 1.165) is 19.4 Å². The quantitative estimate of drug-likeness (QED) is 0.753. The van der Waals surface area contributed by atoms with Crippen LogP contribution in [0, 0.1) is 5.92 Å². The van der Waals surface area contributed by atoms with Gasteiger partial charge in [0.2, 0.25) is 11.8 Å². The molecule has 0 spiro atoms. The first-order valence-electron chi connectivity index (χ1n) is 6.77. The number of aliphatic hydroxyl groups excluding tert-OH is 1. The Morgan fingerprint density at radius 1 is 1.50 bits per heavy atom. The first-order chi connectivity index (χ1) is 8.58. The average Bonchev–Trinajstić information content (AvgIpc) is 2.38. The Labute approximate surface area is 109 Å². The maximum Gasteiger partial charge on any atom is 0.225 e. The van der Waals surface area contributed by atoms with Crippen LogP contribution in [0.4, 0.5) is 0 Å². The summed E-state index contributed by atoms with van der Waals surface area (Å²) in [5.41, 5.74) is 0. The van der Waals surface area contributed by atoms with Crippen molar-refractivity contribution in [2.75, 3.05) is 19.7 Å². The number of carbonyl (C=O) groups is 2. The zero-order valence-electron chi connectivity index (χ0n) is 11.3. The third-order valence-corrected chi connectivity index (χ3v) is 3.40. The highest BCUT2D eigenvalue weighted by molar-refractivity contribution is 5.81. The van der Waals surface area contributed by atoms with E-state index in [0.29, 0.717) is 19.4 Å². The molecule has 0 bridgehead atoms. The van der Waals surface area contributed by atoms with E-state index in [1.165, 1.54) is 0 Å². The summed E-state index contributed by atoms with van der Waals surface area (Å²) < 4.78 is 0. The van der Waals surface area contributed by atoms with E-state index in [4.69, 9.17) is 5.11 Å². The zero-order valence-corrected chi connectivity index (χ0v) is 11.3. The van der Waals surface area contributed by atoms with Crippen LogP contribution in [-0.4, -0.2) is 47.6 Å². The Hall–Kier alpha value is -1.10. The van der Waals surface area contributed by atoms with Crippen LogP contribution in [0.5, 0.6) is 0 Å². The smallest absolute Gasteiger partial charge is 0.225 e. The Morgan fingerprint density at radius 2 is 2.22 bits per heavy atom. The SMILES string of the molecule is CCC(=O)N1CCCC(C(=O)NC(C)CCO)C1. The molecule has 2 N–H and O–H groups in total. The summed E-state index contributed by atoms with van der Waals surface area (Å²) in [5, 5.41) is 11.7. The fraction of sp³-hybridized carbons (Fsp3) is 0.846. The van der Waals surface area contributed by atoms with Gasteiger partial charge in [0.15, 0.2) is 0 Å². The third-order valence-electron chi connectivity index (χ3n) is 3.40. The Balaban J connectivity index is 2.45. The highest BCUT2D eigenvalue weighted by Gasteiger charge is 2.28. The lowest BCUT2D eigenvalue weighted by atomic mass is 9.96. The number of carbonyl (C=O) groups excluding carboxylic acids is 2. The van der Waals surface area contributed by atoms with Gasteiger partial charge < -0.3 is 15.3 Å². The lowest BCUT2D eigenvalue weighted by Gasteiger charge is -2.32. The normalized spacial score (nSPS) is 21.5. The number of likely N-dealkylation sites (tertiary alicyclic amines) is 1. The van der Waals surface area contributed by atoms with Crippen molar-refractivity contribution in [1.82, 2.24) is 10.2 Å². The van der Waals surface area contributed by atoms with Crippen LogP contribution in [0.3, 0.4) is 0 Å². The number of hydrogen-bond acceptors (Lipinski definition) is 3. The molecule has 1 rings (SSSR count). The third kappa shape index (κ3) is 4.29. The van der Waals surface area contributed by atoms with Crippen LogP contribution in [0.25, 0.3) is 0 Å². The van der Waals surface area contributed by atoms with Crippen molar-refractivity contribution in [3.05, 3.63) is 0 Å². The van der Waals surface area contributed by atoms with E-state index in [1.807, 2.05) is 13.8 Å². The minimum atomic E-state index is -0.101. The fourth-order valence-corrected chi connectivity index (χ4v) is 2.27. The van der Waals surface area contributed by atoms with E-state index in [-0.39, 0.29) is 30.4 Å². The van der Waals surface area contributed by atoms with Gasteiger partial charge in [0.1, 0.15) is 0 Å². The Kier molecular flexibility index (Phi) is 6.12. The number of rotatable bonds is 5. The second-order valence-corrected chi connectivity index (χ2v) is 4.95. The van der Waals surface area contributed by atoms with Crippen LogP contribution in [-0.2, 0) is 9.59 Å². The molecule has 1 aliphatic rings. The second kappa shape index (κ2) is 7.36. The van der Waals surface area contributed by atoms with Gasteiger partial charge in [0.25, 0.3) is 0 Å². The molecular formula is C13H24N2O3. The predicted molar refractivity (Wildman–Crippen MR) is 68.9 cm³/mol. The van der Waals surface area contributed by atoms with Gasteiger partial charge in [-0.05, 0) is 26.2 Å². The van der Waals surface area contributed by atoms with E-state index >= 15 is 0 Å². The van der Waals surface area contributed by atoms with Crippen molar-refractivity contribution in [3.63, 3.8) is 0 Å². The molecule has 0 radical (unpaired) electrons. The van der Waals surface area contributed by atoms with Gasteiger partial charge in [0.05, 0.1) is 5.92 Å². The summed E-state index contributed by atoms with van der Waals surface area (Å²) in [6, 6.07) is -0.0141. The van der Waals surface area contributed by atoms with Gasteiger partial charge in [-0.2, -0.15) is 0 Å². The Bertz CT molecular complexity index is 294. The molecule has 0 saturated carbocycles. The molecule has 1 aliphatic heterocycles. The standard InChI is InChI=1S/C13H24N2O3/c1-3-12(17)15-7-4-5-11(9-15)13(18)14-10(2)6-8-16/h10-11,16H,3-9H2,1-2H3,(H,14,18). The van der Waals surface area contributed by atoms with E-state index in [2.05, 4.69) is 5.32 Å². The van der Waals surface area contributed by atoms with Gasteiger partial charge in [-0.25, -0.2) is 0 Å². The van der Waals surface area contributed by atoms with Gasteiger partial charge in [-0.1, -0.05) is 6.92 Å². The van der Waals surface area contributed by atoms with Crippen molar-refractivity contribution in [2.45, 2.75) is 45.6 Å². The minimum Gasteiger partial charge on any atom is -0.396 e. The lowest BCUT2D eigenvalue weighted by molar-refractivity contribution is -0.135. The summed E-state index contributed by atoms with van der Waals surface area (Å²) in [7, 11) is 0. The van der Waals surface area contributed by atoms with E-state index in [1.54, 1.807) is 4.90 Å². The summed E-state index contributed by atoms with van der Waals surface area (Å²) in [4.78, 5) is 25.4. The van der Waals surface area contributed by atoms with E-state index < -0.39 is 0 Å². The largest absolute Gasteiger partial charge is 0.396 e. The molecule has 5 nitrogen and oxygen atoms in total. The van der Waals surface area contributed by atoms with Crippen molar-refractivity contribution in [2.24, 2.45) is 5.92 Å². The van der Waals surface area contributed by atoms with Crippen LogP contribution < -0.4 is 5.32 Å². The number of hydrogen-bond donors (Lipinski definition) is 2. The Morgan fingerprint density at radius 3 is 2.83 bits per heavy atom. The minimum absolute atomic E-state index is 0.00422. The molecule has 0 aliphatic carbocycles. The van der Waals surface area contributed by atoms with Crippen LogP contribution in [0.15, 0.2) is 0 Å². The topological polar surface area (TPSA) is 69.6 Å². The number of aliphatic hydroxyl groups is 1. The zero-order chi connectivity index (χ0) is 13.5. The van der Waals surface area contributed by atoms with Gasteiger partial charge in [-0.3, -0.25) is 9.59 Å². The first-order valence-corrected chi connectivity index (χ1v) is 6.77. The lowest BCUT2D eigenvalue weighted by Crippen LogP contribution is -2.47. The van der Waals surface area contributed by atoms with Crippen molar-refractivity contribution in [1.29, 1.82) is 0 Å². The molecule has 2 amide bonds. The molecule has 2 unspecified atom stereocenters. The van der Waals surface area contributed by atoms with Gasteiger partial charge in [0, 0.05) is 32.2 Å². The van der Waals surface area contributed by atoms with Gasteiger partial charge >= 0.3 is 0 Å². The molecule has 0 aromatic carbocycles. The molecule has 1 heterocycles. The number of nitrogens with zero attached hydrogens (tertiary/aromatic N) is 1. The molecule has 0 aromatic heterocycles. The number of amides is 2. The summed E-state index contributed by atoms with van der Waals surface area (Å²) in [6.07, 6.45) is 2.79. The number of nitrogens with one attached hydrogen (secondary N) is 1. The van der Waals surface area contributed by atoms with Crippen molar-refractivity contribution in [3.8, 4) is 0 Å². The number of piperidine rings is 1. The summed E-state index contributed by atoms with van der Waals surface area (Å²) in [6.45, 7) is 5.10. The molecule has 0 aromatic rings. The molecule has 5 heteroatoms. The molecule has 104 valence electrons. The summed E-state index contributed by atoms with van der Waals surface area (Å²) >= 11 is 0. The molecular weight excluding hydrogens is 232 g/mol. The maximum atomic E-state index is 12.0. The average molecular weight is 256 g/mol. The molecule has 18 heavy (non-hydrogen) atoms. The molecule has 1 fully saturated rings. The van der Waals surface area contributed by atoms with Crippen LogP contribution in [0.2, 0.25) is 0 Å². The maximum absolute atomic E-state index is 12.0. The predicted octanol–water partition coefficient (Wildman–Crippen LogP) is 0.522. The summed E-state index contributed by atoms with van der Waals surface area (Å²) in [5.74, 6) is 0.0239. The van der Waals surface area contributed by atoms with Gasteiger partial charge in [-0.15, -0.1) is 0 Å².